The molecular formula is C42H84NO4+. The molecule has 0 aliphatic rings. The standard InChI is InChI=1S/C42H84NO4/c1-6-8-10-12-14-16-18-20-22-24-26-28-30-32-34-36-38-44-46-41-42(40-43(3,4)5)47-45-39-37-35-33-31-29-27-25-23-21-19-17-15-13-11-9-7-2/h20-23,42H,6-19,24-41H2,1-5H3/q+1/b22-20-,23-21-. The molecular weight excluding hydrogens is 582 g/mol. The number of likely N-dealkylation sites (N-methyl/N-ethyl adjacent to an activating group) is 1. The van der Waals surface area contributed by atoms with E-state index in [-0.39, 0.29) is 6.10 Å². The lowest BCUT2D eigenvalue weighted by molar-refractivity contribution is -0.875. The van der Waals surface area contributed by atoms with E-state index in [4.69, 9.17) is 19.6 Å². The van der Waals surface area contributed by atoms with E-state index in [1.54, 1.807) is 0 Å². The number of allylic oxidation sites excluding steroid dienone is 4. The maximum Gasteiger partial charge on any atom is 0.168 e. The molecule has 0 N–H and O–H groups in total. The predicted octanol–water partition coefficient (Wildman–Crippen LogP) is 13.0. The molecule has 5 heteroatoms. The van der Waals surface area contributed by atoms with Crippen LogP contribution in [0.4, 0.5) is 0 Å². The highest BCUT2D eigenvalue weighted by molar-refractivity contribution is 4.82. The summed E-state index contributed by atoms with van der Waals surface area (Å²) in [6.07, 6.45) is 46.1. The molecule has 47 heavy (non-hydrogen) atoms. The highest BCUT2D eigenvalue weighted by atomic mass is 17.2. The lowest BCUT2D eigenvalue weighted by atomic mass is 10.1. The molecule has 0 saturated carbocycles. The van der Waals surface area contributed by atoms with E-state index < -0.39 is 0 Å². The summed E-state index contributed by atoms with van der Waals surface area (Å²) in [6.45, 7) is 7.07. The molecule has 0 aliphatic carbocycles. The van der Waals surface area contributed by atoms with Crippen LogP contribution in [0, 0.1) is 0 Å². The number of unbranched alkanes of at least 4 members (excludes halogenated alkanes) is 24. The molecule has 0 amide bonds. The van der Waals surface area contributed by atoms with Gasteiger partial charge in [-0.25, -0.2) is 19.6 Å². The molecule has 0 radical (unpaired) electrons. The summed E-state index contributed by atoms with van der Waals surface area (Å²) >= 11 is 0. The van der Waals surface area contributed by atoms with Gasteiger partial charge in [-0.1, -0.05) is 154 Å². The van der Waals surface area contributed by atoms with Gasteiger partial charge in [-0.2, -0.15) is 0 Å². The van der Waals surface area contributed by atoms with Gasteiger partial charge < -0.3 is 4.48 Å². The number of hydrogen-bond acceptors (Lipinski definition) is 4. The normalized spacial score (nSPS) is 13.0. The van der Waals surface area contributed by atoms with Gasteiger partial charge in [0.15, 0.2) is 6.10 Å². The Labute approximate surface area is 295 Å². The van der Waals surface area contributed by atoms with Gasteiger partial charge in [0.1, 0.15) is 13.2 Å². The Morgan fingerprint density at radius 1 is 0.404 bits per heavy atom. The molecule has 0 aliphatic heterocycles. The Hall–Kier alpha value is -0.720. The Balaban J connectivity index is 3.60. The van der Waals surface area contributed by atoms with Gasteiger partial charge in [0.2, 0.25) is 0 Å². The van der Waals surface area contributed by atoms with Crippen molar-refractivity contribution in [2.45, 2.75) is 200 Å². The van der Waals surface area contributed by atoms with Crippen molar-refractivity contribution in [2.75, 3.05) is 47.5 Å². The van der Waals surface area contributed by atoms with Crippen LogP contribution >= 0.6 is 0 Å². The van der Waals surface area contributed by atoms with E-state index in [2.05, 4.69) is 59.3 Å². The minimum Gasteiger partial charge on any atom is -0.329 e. The van der Waals surface area contributed by atoms with Crippen molar-refractivity contribution in [1.29, 1.82) is 0 Å². The maximum absolute atomic E-state index is 5.75. The molecule has 280 valence electrons. The minimum absolute atomic E-state index is 0.135. The summed E-state index contributed by atoms with van der Waals surface area (Å²) in [7, 11) is 6.49. The average molecular weight is 667 g/mol. The lowest BCUT2D eigenvalue weighted by Crippen LogP contribution is -2.44. The molecule has 0 fully saturated rings. The quantitative estimate of drug-likeness (QED) is 0.0215. The summed E-state index contributed by atoms with van der Waals surface area (Å²) in [5.74, 6) is 0. The zero-order valence-corrected chi connectivity index (χ0v) is 32.6. The van der Waals surface area contributed by atoms with Gasteiger partial charge in [0.25, 0.3) is 0 Å². The monoisotopic (exact) mass is 667 g/mol. The number of hydrogen-bond donors (Lipinski definition) is 0. The van der Waals surface area contributed by atoms with Crippen LogP contribution in [0.5, 0.6) is 0 Å². The fourth-order valence-corrected chi connectivity index (χ4v) is 5.87. The largest absolute Gasteiger partial charge is 0.329 e. The molecule has 0 aromatic heterocycles. The Morgan fingerprint density at radius 2 is 0.745 bits per heavy atom. The predicted molar refractivity (Wildman–Crippen MR) is 205 cm³/mol. The molecule has 1 unspecified atom stereocenters. The third kappa shape index (κ3) is 41.4. The zero-order valence-electron chi connectivity index (χ0n) is 32.6. The van der Waals surface area contributed by atoms with E-state index in [0.717, 1.165) is 23.9 Å². The molecule has 5 nitrogen and oxygen atoms in total. The molecule has 0 aromatic rings. The minimum atomic E-state index is -0.135. The first-order valence-electron chi connectivity index (χ1n) is 20.6. The van der Waals surface area contributed by atoms with Gasteiger partial charge in [-0.15, -0.1) is 0 Å². The maximum atomic E-state index is 5.75. The lowest BCUT2D eigenvalue weighted by Gasteiger charge is -2.28. The van der Waals surface area contributed by atoms with Crippen LogP contribution in [-0.2, 0) is 19.6 Å². The summed E-state index contributed by atoms with van der Waals surface area (Å²) in [6, 6.07) is 0. The van der Waals surface area contributed by atoms with Crippen molar-refractivity contribution in [2.24, 2.45) is 0 Å². The van der Waals surface area contributed by atoms with Crippen LogP contribution in [-0.4, -0.2) is 58.1 Å². The van der Waals surface area contributed by atoms with E-state index in [1.807, 2.05) is 0 Å². The molecule has 0 rings (SSSR count). The highest BCUT2D eigenvalue weighted by Crippen LogP contribution is 2.12. The SMILES string of the molecule is CCCCCCCC/C=C\CCCCCCCCOOCC(C[N+](C)(C)C)OOCCCCCCCC/C=C\CCCCCCCC. The Kier molecular flexibility index (Phi) is 37.5. The molecule has 0 heterocycles. The van der Waals surface area contributed by atoms with Gasteiger partial charge in [-0.3, -0.25) is 0 Å². The van der Waals surface area contributed by atoms with Crippen molar-refractivity contribution in [3.05, 3.63) is 24.3 Å². The van der Waals surface area contributed by atoms with E-state index in [0.29, 0.717) is 19.8 Å². The fraction of sp³-hybridized carbons (Fsp3) is 0.905. The van der Waals surface area contributed by atoms with Crippen molar-refractivity contribution < 1.29 is 24.0 Å². The third-order valence-corrected chi connectivity index (χ3v) is 8.77. The third-order valence-electron chi connectivity index (χ3n) is 8.77. The van der Waals surface area contributed by atoms with Gasteiger partial charge in [0.05, 0.1) is 34.4 Å². The summed E-state index contributed by atoms with van der Waals surface area (Å²) in [5.41, 5.74) is 0. The van der Waals surface area contributed by atoms with Crippen LogP contribution in [0.2, 0.25) is 0 Å². The molecule has 0 bridgehead atoms. The van der Waals surface area contributed by atoms with Crippen LogP contribution in [0.25, 0.3) is 0 Å². The van der Waals surface area contributed by atoms with Crippen molar-refractivity contribution in [3.8, 4) is 0 Å². The van der Waals surface area contributed by atoms with Crippen molar-refractivity contribution in [3.63, 3.8) is 0 Å². The van der Waals surface area contributed by atoms with E-state index >= 15 is 0 Å². The van der Waals surface area contributed by atoms with Crippen LogP contribution < -0.4 is 0 Å². The average Bonchev–Trinajstić information content (AvgIpc) is 3.04. The zero-order chi connectivity index (χ0) is 34.4. The van der Waals surface area contributed by atoms with Crippen LogP contribution in [0.3, 0.4) is 0 Å². The Morgan fingerprint density at radius 3 is 1.13 bits per heavy atom. The topological polar surface area (TPSA) is 36.9 Å². The molecule has 0 spiro atoms. The number of rotatable bonds is 39. The fourth-order valence-electron chi connectivity index (χ4n) is 5.87. The van der Waals surface area contributed by atoms with Crippen LogP contribution in [0.15, 0.2) is 24.3 Å². The van der Waals surface area contributed by atoms with Crippen molar-refractivity contribution in [1.82, 2.24) is 0 Å². The van der Waals surface area contributed by atoms with Gasteiger partial charge >= 0.3 is 0 Å². The smallest absolute Gasteiger partial charge is 0.168 e. The van der Waals surface area contributed by atoms with E-state index in [1.165, 1.54) is 167 Å². The summed E-state index contributed by atoms with van der Waals surface area (Å²) in [5, 5.41) is 0. The second kappa shape index (κ2) is 38.1. The van der Waals surface area contributed by atoms with Crippen LogP contribution in [0.1, 0.15) is 194 Å². The van der Waals surface area contributed by atoms with Gasteiger partial charge in [0, 0.05) is 0 Å². The Bertz CT molecular complexity index is 645. The highest BCUT2D eigenvalue weighted by Gasteiger charge is 2.21. The number of nitrogens with zero attached hydrogens (tertiary/aromatic N) is 1. The van der Waals surface area contributed by atoms with E-state index in [9.17, 15) is 0 Å². The first kappa shape index (κ1) is 46.3. The second-order valence-corrected chi connectivity index (χ2v) is 15.0. The van der Waals surface area contributed by atoms with Crippen molar-refractivity contribution >= 4 is 0 Å². The molecule has 0 aromatic carbocycles. The summed E-state index contributed by atoms with van der Waals surface area (Å²) < 4.78 is 0.792. The molecule has 0 saturated heterocycles. The second-order valence-electron chi connectivity index (χ2n) is 15.0. The molecule has 1 atom stereocenters. The van der Waals surface area contributed by atoms with Gasteiger partial charge in [-0.05, 0) is 64.2 Å². The number of quaternary nitrogens is 1. The summed E-state index contributed by atoms with van der Waals surface area (Å²) in [4.78, 5) is 22.3. The first-order valence-corrected chi connectivity index (χ1v) is 20.6. The first-order chi connectivity index (χ1) is 23.0.